The van der Waals surface area contributed by atoms with Crippen molar-refractivity contribution >= 4 is 17.7 Å². The number of aryl methyl sites for hydroxylation is 1. The molecule has 5 nitrogen and oxygen atoms in total. The fourth-order valence-corrected chi connectivity index (χ4v) is 3.75. The van der Waals surface area contributed by atoms with Crippen molar-refractivity contribution in [2.24, 2.45) is 0 Å². The number of benzene rings is 1. The second-order valence-corrected chi connectivity index (χ2v) is 8.30. The Hall–Kier alpha value is -2.11. The predicted octanol–water partition coefficient (Wildman–Crippen LogP) is 3.66. The summed E-state index contributed by atoms with van der Waals surface area (Å²) in [6.07, 6.45) is 2.78. The minimum atomic E-state index is -0.507. The predicted molar refractivity (Wildman–Crippen MR) is 103 cm³/mol. The number of carbonyl (C=O) groups excluding carboxylic acids is 2. The first-order valence-electron chi connectivity index (χ1n) is 9.77. The molecule has 0 unspecified atom stereocenters. The maximum atomic E-state index is 12.6. The third kappa shape index (κ3) is 4.60. The molecule has 1 aromatic carbocycles. The number of hydrogen-bond donors (Lipinski definition) is 0. The summed E-state index contributed by atoms with van der Waals surface area (Å²) in [4.78, 5) is 28.2. The van der Waals surface area contributed by atoms with Gasteiger partial charge in [-0.1, -0.05) is 6.07 Å². The standard InChI is InChI=1S/C21H29FN2O3/c1-21(2,3)27-20(26)23-11-7-15-13-17-5-6-19(25)24(10-4-9-22)18(17)14-16(15)8-12-23/h13-14H,4-12H2,1-3H3. The van der Waals surface area contributed by atoms with Gasteiger partial charge in [0.2, 0.25) is 5.91 Å². The average molecular weight is 376 g/mol. The van der Waals surface area contributed by atoms with Crippen LogP contribution in [0.2, 0.25) is 0 Å². The van der Waals surface area contributed by atoms with E-state index in [9.17, 15) is 14.0 Å². The Balaban J connectivity index is 1.79. The van der Waals surface area contributed by atoms with Gasteiger partial charge in [0.25, 0.3) is 0 Å². The molecule has 0 bridgehead atoms. The number of anilines is 1. The van der Waals surface area contributed by atoms with E-state index in [2.05, 4.69) is 12.1 Å². The van der Waals surface area contributed by atoms with E-state index in [1.807, 2.05) is 20.8 Å². The lowest BCUT2D eigenvalue weighted by molar-refractivity contribution is -0.118. The number of halogens is 1. The molecule has 0 aliphatic carbocycles. The van der Waals surface area contributed by atoms with Gasteiger partial charge in [-0.2, -0.15) is 0 Å². The molecule has 0 radical (unpaired) electrons. The molecule has 0 spiro atoms. The van der Waals surface area contributed by atoms with Crippen molar-refractivity contribution in [2.75, 3.05) is 31.2 Å². The van der Waals surface area contributed by atoms with Gasteiger partial charge in [-0.3, -0.25) is 9.18 Å². The Bertz CT molecular complexity index is 727. The summed E-state index contributed by atoms with van der Waals surface area (Å²) < 4.78 is 18.1. The number of alkyl halides is 1. The SMILES string of the molecule is CC(C)(C)OC(=O)N1CCc2cc3c(cc2CC1)N(CCCF)C(=O)CC3. The van der Waals surface area contributed by atoms with E-state index in [4.69, 9.17) is 4.74 Å². The van der Waals surface area contributed by atoms with E-state index in [1.54, 1.807) is 9.80 Å². The first-order chi connectivity index (χ1) is 12.8. The Morgan fingerprint density at radius 2 is 1.74 bits per heavy atom. The van der Waals surface area contributed by atoms with E-state index < -0.39 is 12.3 Å². The lowest BCUT2D eigenvalue weighted by atomic mass is 9.93. The molecule has 3 rings (SSSR count). The van der Waals surface area contributed by atoms with Crippen LogP contribution in [0.5, 0.6) is 0 Å². The smallest absolute Gasteiger partial charge is 0.410 e. The first kappa shape index (κ1) is 19.6. The zero-order valence-corrected chi connectivity index (χ0v) is 16.5. The molecule has 2 aliphatic rings. The normalized spacial score (nSPS) is 17.3. The lowest BCUT2D eigenvalue weighted by Crippen LogP contribution is -2.38. The zero-order chi connectivity index (χ0) is 19.6. The number of fused-ring (bicyclic) bond motifs is 2. The quantitative estimate of drug-likeness (QED) is 0.809. The van der Waals surface area contributed by atoms with Crippen LogP contribution in [-0.2, 0) is 28.8 Å². The summed E-state index contributed by atoms with van der Waals surface area (Å²) >= 11 is 0. The van der Waals surface area contributed by atoms with Crippen molar-refractivity contribution in [1.82, 2.24) is 4.90 Å². The Labute approximate surface area is 160 Å². The number of ether oxygens (including phenoxy) is 1. The van der Waals surface area contributed by atoms with Gasteiger partial charge in [0, 0.05) is 31.7 Å². The van der Waals surface area contributed by atoms with Gasteiger partial charge < -0.3 is 14.5 Å². The molecule has 2 amide bonds. The highest BCUT2D eigenvalue weighted by Gasteiger charge is 2.28. The van der Waals surface area contributed by atoms with Crippen molar-refractivity contribution in [3.05, 3.63) is 28.8 Å². The third-order valence-corrected chi connectivity index (χ3v) is 5.07. The van der Waals surface area contributed by atoms with Gasteiger partial charge in [0.15, 0.2) is 0 Å². The summed E-state index contributed by atoms with van der Waals surface area (Å²) in [5.41, 5.74) is 3.97. The molecule has 0 N–H and O–H groups in total. The summed E-state index contributed by atoms with van der Waals surface area (Å²) in [6.45, 7) is 6.84. The number of nitrogens with zero attached hydrogens (tertiary/aromatic N) is 2. The molecule has 0 saturated heterocycles. The minimum absolute atomic E-state index is 0.0694. The summed E-state index contributed by atoms with van der Waals surface area (Å²) in [5, 5.41) is 0. The molecule has 0 aromatic heterocycles. The highest BCUT2D eigenvalue weighted by molar-refractivity contribution is 5.96. The largest absolute Gasteiger partial charge is 0.444 e. The third-order valence-electron chi connectivity index (χ3n) is 5.07. The Morgan fingerprint density at radius 3 is 2.37 bits per heavy atom. The van der Waals surface area contributed by atoms with Gasteiger partial charge in [0.1, 0.15) is 5.60 Å². The molecule has 148 valence electrons. The van der Waals surface area contributed by atoms with Crippen molar-refractivity contribution in [1.29, 1.82) is 0 Å². The van der Waals surface area contributed by atoms with E-state index in [0.29, 0.717) is 32.5 Å². The van der Waals surface area contributed by atoms with Crippen LogP contribution in [0.25, 0.3) is 0 Å². The topological polar surface area (TPSA) is 49.9 Å². The van der Waals surface area contributed by atoms with E-state index in [0.717, 1.165) is 30.5 Å². The van der Waals surface area contributed by atoms with Crippen LogP contribution in [0.1, 0.15) is 50.3 Å². The molecule has 0 atom stereocenters. The molecule has 0 saturated carbocycles. The van der Waals surface area contributed by atoms with Gasteiger partial charge >= 0.3 is 6.09 Å². The van der Waals surface area contributed by atoms with Crippen molar-refractivity contribution in [2.45, 2.75) is 58.5 Å². The van der Waals surface area contributed by atoms with Crippen molar-refractivity contribution in [3.8, 4) is 0 Å². The van der Waals surface area contributed by atoms with Gasteiger partial charge in [0.05, 0.1) is 6.67 Å². The van der Waals surface area contributed by atoms with Crippen LogP contribution in [0.4, 0.5) is 14.9 Å². The Morgan fingerprint density at radius 1 is 1.07 bits per heavy atom. The van der Waals surface area contributed by atoms with Gasteiger partial charge in [-0.05, 0) is 69.2 Å². The molecule has 6 heteroatoms. The fourth-order valence-electron chi connectivity index (χ4n) is 3.75. The fraction of sp³-hybridized carbons (Fsp3) is 0.619. The highest BCUT2D eigenvalue weighted by atomic mass is 19.1. The number of rotatable bonds is 3. The van der Waals surface area contributed by atoms with Crippen LogP contribution in [0, 0.1) is 0 Å². The van der Waals surface area contributed by atoms with E-state index in [-0.39, 0.29) is 12.0 Å². The second-order valence-electron chi connectivity index (χ2n) is 8.30. The maximum absolute atomic E-state index is 12.6. The van der Waals surface area contributed by atoms with E-state index >= 15 is 0 Å². The van der Waals surface area contributed by atoms with Gasteiger partial charge in [-0.25, -0.2) is 4.79 Å². The van der Waals surface area contributed by atoms with Crippen LogP contribution in [0.3, 0.4) is 0 Å². The molecule has 27 heavy (non-hydrogen) atoms. The van der Waals surface area contributed by atoms with Crippen LogP contribution >= 0.6 is 0 Å². The number of amides is 2. The van der Waals surface area contributed by atoms with E-state index in [1.165, 1.54) is 11.1 Å². The molecule has 0 fully saturated rings. The van der Waals surface area contributed by atoms with Crippen molar-refractivity contribution < 1.29 is 18.7 Å². The molecule has 2 aliphatic heterocycles. The zero-order valence-electron chi connectivity index (χ0n) is 16.5. The molecule has 1 aromatic rings. The summed E-state index contributed by atoms with van der Waals surface area (Å²) in [5.74, 6) is 0.0694. The van der Waals surface area contributed by atoms with Crippen LogP contribution in [-0.4, -0.2) is 48.8 Å². The monoisotopic (exact) mass is 376 g/mol. The second kappa shape index (κ2) is 7.87. The average Bonchev–Trinajstić information content (AvgIpc) is 2.80. The summed E-state index contributed by atoms with van der Waals surface area (Å²) in [7, 11) is 0. The number of hydrogen-bond acceptors (Lipinski definition) is 3. The maximum Gasteiger partial charge on any atom is 0.410 e. The first-order valence-corrected chi connectivity index (χ1v) is 9.77. The molecular weight excluding hydrogens is 347 g/mol. The minimum Gasteiger partial charge on any atom is -0.444 e. The number of carbonyl (C=O) groups is 2. The highest BCUT2D eigenvalue weighted by Crippen LogP contribution is 2.32. The molecule has 2 heterocycles. The van der Waals surface area contributed by atoms with Crippen LogP contribution < -0.4 is 4.90 Å². The van der Waals surface area contributed by atoms with Gasteiger partial charge in [-0.15, -0.1) is 0 Å². The summed E-state index contributed by atoms with van der Waals surface area (Å²) in [6, 6.07) is 4.26. The van der Waals surface area contributed by atoms with Crippen LogP contribution in [0.15, 0.2) is 12.1 Å². The molecular formula is C21H29FN2O3. The Kier molecular flexibility index (Phi) is 5.72. The lowest BCUT2D eigenvalue weighted by Gasteiger charge is -2.30. The van der Waals surface area contributed by atoms with Crippen molar-refractivity contribution in [3.63, 3.8) is 0 Å².